The Labute approximate surface area is 91.9 Å². The minimum Gasteiger partial charge on any atom is -0.369 e. The van der Waals surface area contributed by atoms with E-state index in [1.165, 1.54) is 6.42 Å². The Hall–Kier alpha value is -0.840. The van der Waals surface area contributed by atoms with Crippen molar-refractivity contribution in [2.75, 3.05) is 29.9 Å². The first-order chi connectivity index (χ1) is 6.83. The third-order valence-electron chi connectivity index (χ3n) is 2.27. The lowest BCUT2D eigenvalue weighted by atomic mass is 10.2. The first kappa shape index (κ1) is 9.71. The van der Waals surface area contributed by atoms with Gasteiger partial charge in [-0.1, -0.05) is 0 Å². The van der Waals surface area contributed by atoms with Crippen LogP contribution in [0.15, 0.2) is 10.8 Å². The van der Waals surface area contributed by atoms with E-state index in [1.54, 1.807) is 6.33 Å². The van der Waals surface area contributed by atoms with Crippen LogP contribution in [-0.2, 0) is 0 Å². The zero-order valence-electron chi connectivity index (χ0n) is 8.13. The number of aromatic nitrogens is 2. The molecule has 0 saturated carbocycles. The van der Waals surface area contributed by atoms with Crippen molar-refractivity contribution in [2.45, 2.75) is 13.3 Å². The van der Waals surface area contributed by atoms with Crippen LogP contribution in [0.25, 0.3) is 0 Å². The molecule has 1 fully saturated rings. The molecule has 76 valence electrons. The van der Waals surface area contributed by atoms with Crippen LogP contribution in [-0.4, -0.2) is 29.6 Å². The molecule has 0 spiro atoms. The molecule has 1 aliphatic heterocycles. The van der Waals surface area contributed by atoms with E-state index in [2.05, 4.69) is 43.0 Å². The summed E-state index contributed by atoms with van der Waals surface area (Å²) in [5.74, 6) is 1.88. The molecule has 1 aliphatic rings. The Morgan fingerprint density at radius 3 is 2.86 bits per heavy atom. The van der Waals surface area contributed by atoms with Crippen molar-refractivity contribution in [3.63, 3.8) is 0 Å². The van der Waals surface area contributed by atoms with Crippen molar-refractivity contribution in [3.8, 4) is 0 Å². The molecule has 0 bridgehead atoms. The molecule has 0 aromatic carbocycles. The van der Waals surface area contributed by atoms with Crippen molar-refractivity contribution in [3.05, 3.63) is 10.8 Å². The van der Waals surface area contributed by atoms with Crippen LogP contribution in [0.5, 0.6) is 0 Å². The molecule has 1 aromatic heterocycles. The van der Waals surface area contributed by atoms with Gasteiger partial charge in [0.25, 0.3) is 0 Å². The Morgan fingerprint density at radius 2 is 2.29 bits per heavy atom. The van der Waals surface area contributed by atoms with Crippen LogP contribution >= 0.6 is 15.9 Å². The van der Waals surface area contributed by atoms with Crippen LogP contribution < -0.4 is 10.2 Å². The average Bonchev–Trinajstić information content (AvgIpc) is 2.09. The Bertz CT molecular complexity index is 325. The molecule has 0 amide bonds. The van der Waals surface area contributed by atoms with Crippen LogP contribution in [0.4, 0.5) is 11.6 Å². The molecule has 0 aliphatic carbocycles. The number of rotatable bonds is 3. The second-order valence-corrected chi connectivity index (χ2v) is 4.02. The van der Waals surface area contributed by atoms with Gasteiger partial charge in [0, 0.05) is 19.6 Å². The van der Waals surface area contributed by atoms with Crippen molar-refractivity contribution in [1.82, 2.24) is 9.97 Å². The summed E-state index contributed by atoms with van der Waals surface area (Å²) in [5.41, 5.74) is 0. The molecule has 5 heteroatoms. The van der Waals surface area contributed by atoms with Gasteiger partial charge in [0.1, 0.15) is 22.4 Å². The molecule has 4 nitrogen and oxygen atoms in total. The molecular formula is C9H13BrN4. The second kappa shape index (κ2) is 4.13. The monoisotopic (exact) mass is 256 g/mol. The lowest BCUT2D eigenvalue weighted by Gasteiger charge is -2.32. The van der Waals surface area contributed by atoms with Crippen molar-refractivity contribution >= 4 is 27.6 Å². The zero-order chi connectivity index (χ0) is 9.97. The molecule has 14 heavy (non-hydrogen) atoms. The van der Waals surface area contributed by atoms with E-state index in [9.17, 15) is 0 Å². The minimum atomic E-state index is 0.870. The maximum atomic E-state index is 4.27. The molecule has 1 aromatic rings. The van der Waals surface area contributed by atoms with Crippen LogP contribution in [0.3, 0.4) is 0 Å². The topological polar surface area (TPSA) is 41.1 Å². The number of hydrogen-bond acceptors (Lipinski definition) is 4. The molecule has 2 heterocycles. The van der Waals surface area contributed by atoms with E-state index in [0.717, 1.165) is 35.7 Å². The molecule has 2 rings (SSSR count). The van der Waals surface area contributed by atoms with Gasteiger partial charge >= 0.3 is 0 Å². The van der Waals surface area contributed by atoms with Crippen molar-refractivity contribution in [1.29, 1.82) is 0 Å². The quantitative estimate of drug-likeness (QED) is 0.897. The van der Waals surface area contributed by atoms with Crippen LogP contribution in [0.1, 0.15) is 13.3 Å². The smallest absolute Gasteiger partial charge is 0.148 e. The fraction of sp³-hybridized carbons (Fsp3) is 0.556. The predicted molar refractivity (Wildman–Crippen MR) is 60.7 cm³/mol. The van der Waals surface area contributed by atoms with E-state index >= 15 is 0 Å². The number of nitrogens with zero attached hydrogens (tertiary/aromatic N) is 3. The fourth-order valence-corrected chi connectivity index (χ4v) is 2.00. The summed E-state index contributed by atoms with van der Waals surface area (Å²) < 4.78 is 0.974. The number of nitrogens with one attached hydrogen (secondary N) is 1. The molecule has 1 N–H and O–H groups in total. The van der Waals surface area contributed by atoms with Gasteiger partial charge in [-0.15, -0.1) is 0 Å². The van der Waals surface area contributed by atoms with Crippen molar-refractivity contribution in [2.24, 2.45) is 0 Å². The van der Waals surface area contributed by atoms with E-state index in [0.29, 0.717) is 0 Å². The molecule has 1 saturated heterocycles. The summed E-state index contributed by atoms with van der Waals surface area (Å²) in [6.07, 6.45) is 2.86. The summed E-state index contributed by atoms with van der Waals surface area (Å²) in [6, 6.07) is 0. The van der Waals surface area contributed by atoms with Crippen LogP contribution in [0, 0.1) is 0 Å². The SMILES string of the molecule is CCNc1ncnc(N2CCC2)c1Br. The summed E-state index contributed by atoms with van der Waals surface area (Å²) >= 11 is 3.53. The highest BCUT2D eigenvalue weighted by atomic mass is 79.9. The highest BCUT2D eigenvalue weighted by Gasteiger charge is 2.20. The second-order valence-electron chi connectivity index (χ2n) is 3.23. The maximum absolute atomic E-state index is 4.27. The Morgan fingerprint density at radius 1 is 1.50 bits per heavy atom. The third kappa shape index (κ3) is 1.68. The first-order valence-electron chi connectivity index (χ1n) is 4.82. The Balaban J connectivity index is 2.26. The number of hydrogen-bond donors (Lipinski definition) is 1. The summed E-state index contributed by atoms with van der Waals surface area (Å²) in [7, 11) is 0. The summed E-state index contributed by atoms with van der Waals surface area (Å²) in [5, 5.41) is 3.19. The minimum absolute atomic E-state index is 0.870. The van der Waals surface area contributed by atoms with E-state index in [-0.39, 0.29) is 0 Å². The zero-order valence-corrected chi connectivity index (χ0v) is 9.71. The van der Waals surface area contributed by atoms with Crippen LogP contribution in [0.2, 0.25) is 0 Å². The van der Waals surface area contributed by atoms with Gasteiger partial charge in [-0.3, -0.25) is 0 Å². The maximum Gasteiger partial charge on any atom is 0.148 e. The largest absolute Gasteiger partial charge is 0.369 e. The number of halogens is 1. The third-order valence-corrected chi connectivity index (χ3v) is 3.00. The normalized spacial score (nSPS) is 15.1. The first-order valence-corrected chi connectivity index (χ1v) is 5.61. The lowest BCUT2D eigenvalue weighted by Crippen LogP contribution is -2.38. The highest BCUT2D eigenvalue weighted by Crippen LogP contribution is 2.31. The van der Waals surface area contributed by atoms with Gasteiger partial charge < -0.3 is 10.2 Å². The van der Waals surface area contributed by atoms with E-state index in [1.807, 2.05) is 0 Å². The van der Waals surface area contributed by atoms with Gasteiger partial charge in [0.2, 0.25) is 0 Å². The fourth-order valence-electron chi connectivity index (χ4n) is 1.40. The number of anilines is 2. The van der Waals surface area contributed by atoms with Gasteiger partial charge in [-0.2, -0.15) is 0 Å². The van der Waals surface area contributed by atoms with E-state index < -0.39 is 0 Å². The standard InChI is InChI=1S/C9H13BrN4/c1-2-11-8-7(10)9(13-6-12-8)14-4-3-5-14/h6H,2-5H2,1H3,(H,11,12,13). The van der Waals surface area contributed by atoms with Gasteiger partial charge in [-0.25, -0.2) is 9.97 Å². The molecular weight excluding hydrogens is 244 g/mol. The highest BCUT2D eigenvalue weighted by molar-refractivity contribution is 9.10. The summed E-state index contributed by atoms with van der Waals surface area (Å²) in [4.78, 5) is 10.7. The lowest BCUT2D eigenvalue weighted by molar-refractivity contribution is 0.607. The van der Waals surface area contributed by atoms with E-state index in [4.69, 9.17) is 0 Å². The van der Waals surface area contributed by atoms with Crippen molar-refractivity contribution < 1.29 is 0 Å². The Kier molecular flexibility index (Phi) is 2.86. The summed E-state index contributed by atoms with van der Waals surface area (Å²) in [6.45, 7) is 5.12. The predicted octanol–water partition coefficient (Wildman–Crippen LogP) is 1.88. The van der Waals surface area contributed by atoms with Gasteiger partial charge in [0.05, 0.1) is 0 Å². The van der Waals surface area contributed by atoms with Gasteiger partial charge in [-0.05, 0) is 29.3 Å². The molecule has 0 unspecified atom stereocenters. The molecule has 0 radical (unpaired) electrons. The molecule has 0 atom stereocenters. The average molecular weight is 257 g/mol. The van der Waals surface area contributed by atoms with Gasteiger partial charge in [0.15, 0.2) is 0 Å².